The first-order valence-electron chi connectivity index (χ1n) is 10.3. The van der Waals surface area contributed by atoms with E-state index in [9.17, 15) is 27.2 Å². The van der Waals surface area contributed by atoms with E-state index in [-0.39, 0.29) is 29.8 Å². The van der Waals surface area contributed by atoms with Gasteiger partial charge in [-0.05, 0) is 58.1 Å². The lowest BCUT2D eigenvalue weighted by Gasteiger charge is -2.29. The lowest BCUT2D eigenvalue weighted by Crippen LogP contribution is -2.43. The minimum Gasteiger partial charge on any atom is -0.303 e. The molecule has 1 aliphatic heterocycles. The second-order valence-electron chi connectivity index (χ2n) is 8.21. The van der Waals surface area contributed by atoms with Crippen molar-refractivity contribution in [1.29, 1.82) is 0 Å². The maximum Gasteiger partial charge on any atom is 0.413 e. The van der Waals surface area contributed by atoms with Crippen LogP contribution < -0.4 is 0 Å². The first-order chi connectivity index (χ1) is 16.5. The number of carbonyl (C=O) groups excluding carboxylic acids is 2. The maximum absolute atomic E-state index is 15.1. The molecule has 5 rings (SSSR count). The molecule has 2 aromatic carbocycles. The van der Waals surface area contributed by atoms with Gasteiger partial charge in [0.25, 0.3) is 5.91 Å². The third kappa shape index (κ3) is 4.10. The normalized spacial score (nSPS) is 18.0. The smallest absolute Gasteiger partial charge is 0.303 e. The van der Waals surface area contributed by atoms with Crippen molar-refractivity contribution in [3.05, 3.63) is 68.6 Å². The largest absolute Gasteiger partial charge is 0.413 e. The van der Waals surface area contributed by atoms with Crippen LogP contribution >= 0.6 is 27.3 Å². The molecule has 1 saturated heterocycles. The zero-order valence-corrected chi connectivity index (χ0v) is 19.9. The molecule has 1 aromatic heterocycles. The number of rotatable bonds is 5. The molecule has 182 valence electrons. The second kappa shape index (κ2) is 8.33. The Kier molecular flexibility index (Phi) is 5.66. The summed E-state index contributed by atoms with van der Waals surface area (Å²) in [4.78, 5) is 27.5. The van der Waals surface area contributed by atoms with Gasteiger partial charge in [0.15, 0.2) is 9.96 Å². The zero-order chi connectivity index (χ0) is 25.1. The molecule has 6 nitrogen and oxygen atoms in total. The summed E-state index contributed by atoms with van der Waals surface area (Å²) in [6.45, 7) is -0.194. The van der Waals surface area contributed by atoms with E-state index in [4.69, 9.17) is 0 Å². The van der Waals surface area contributed by atoms with Crippen LogP contribution in [0, 0.1) is 11.6 Å². The summed E-state index contributed by atoms with van der Waals surface area (Å²) in [5.41, 5.74) is -1.65. The first kappa shape index (κ1) is 23.8. The summed E-state index contributed by atoms with van der Waals surface area (Å²) in [6, 6.07) is 4.03. The summed E-state index contributed by atoms with van der Waals surface area (Å²) < 4.78 is 71.6. The molecule has 1 atom stereocenters. The van der Waals surface area contributed by atoms with E-state index in [0.29, 0.717) is 14.5 Å². The van der Waals surface area contributed by atoms with Gasteiger partial charge in [-0.2, -0.15) is 13.2 Å². The molecule has 2 fully saturated rings. The number of carbonyl (C=O) groups is 2. The van der Waals surface area contributed by atoms with E-state index in [1.807, 2.05) is 0 Å². The number of halogens is 6. The van der Waals surface area contributed by atoms with Crippen molar-refractivity contribution in [3.63, 3.8) is 0 Å². The van der Waals surface area contributed by atoms with Gasteiger partial charge in [0.2, 0.25) is 0 Å². The van der Waals surface area contributed by atoms with Crippen LogP contribution in [0.1, 0.15) is 29.5 Å². The number of benzene rings is 2. The van der Waals surface area contributed by atoms with Gasteiger partial charge < -0.3 is 4.90 Å². The molecule has 1 unspecified atom stereocenters. The van der Waals surface area contributed by atoms with E-state index in [0.717, 1.165) is 40.5 Å². The van der Waals surface area contributed by atoms with Crippen LogP contribution in [0.4, 0.5) is 26.7 Å². The van der Waals surface area contributed by atoms with Crippen LogP contribution in [0.5, 0.6) is 0 Å². The highest BCUT2D eigenvalue weighted by atomic mass is 79.9. The molecule has 3 amide bonds. The van der Waals surface area contributed by atoms with E-state index >= 15 is 4.39 Å². The van der Waals surface area contributed by atoms with E-state index < -0.39 is 46.9 Å². The minimum atomic E-state index is -5.14. The Bertz CT molecular complexity index is 1330. The van der Waals surface area contributed by atoms with Crippen LogP contribution in [-0.2, 0) is 11.3 Å². The fourth-order valence-electron chi connectivity index (χ4n) is 4.25. The number of urea groups is 1. The van der Waals surface area contributed by atoms with Crippen molar-refractivity contribution in [2.75, 3.05) is 0 Å². The second-order valence-corrected chi connectivity index (χ2v) is 10.5. The molecule has 2 aliphatic rings. The highest BCUT2D eigenvalue weighted by Crippen LogP contribution is 2.53. The lowest BCUT2D eigenvalue weighted by atomic mass is 9.98. The summed E-state index contributed by atoms with van der Waals surface area (Å²) in [5.74, 6) is -2.78. The molecule has 13 heteroatoms. The number of nitrogens with zero attached hydrogens (tertiary/aromatic N) is 4. The number of aromatic nitrogens is 2. The monoisotopic (exact) mass is 572 g/mol. The van der Waals surface area contributed by atoms with Crippen molar-refractivity contribution >= 4 is 39.2 Å². The Morgan fingerprint density at radius 1 is 1.03 bits per heavy atom. The molecular formula is C22H14BrF5N4O2S. The number of hydrogen-bond acceptors (Lipinski definition) is 5. The van der Waals surface area contributed by atoms with Gasteiger partial charge in [-0.15, -0.1) is 10.2 Å². The molecule has 3 aromatic rings. The van der Waals surface area contributed by atoms with Gasteiger partial charge in [-0.1, -0.05) is 35.6 Å². The summed E-state index contributed by atoms with van der Waals surface area (Å²) in [5, 5.41) is 7.96. The third-order valence-electron chi connectivity index (χ3n) is 6.07. The number of amides is 3. The van der Waals surface area contributed by atoms with E-state index in [2.05, 4.69) is 26.1 Å². The predicted molar refractivity (Wildman–Crippen MR) is 118 cm³/mol. The molecular weight excluding hydrogens is 559 g/mol. The fraction of sp³-hybridized carbons (Fsp3) is 0.273. The van der Waals surface area contributed by atoms with Crippen molar-refractivity contribution in [3.8, 4) is 11.1 Å². The summed E-state index contributed by atoms with van der Waals surface area (Å²) in [6.07, 6.45) is -4.74. The van der Waals surface area contributed by atoms with Crippen molar-refractivity contribution in [2.45, 2.75) is 37.1 Å². The first-order valence-corrected chi connectivity index (χ1v) is 11.9. The Morgan fingerprint density at radius 2 is 1.69 bits per heavy atom. The molecule has 2 heterocycles. The van der Waals surface area contributed by atoms with Gasteiger partial charge in [0.05, 0.1) is 6.54 Å². The summed E-state index contributed by atoms with van der Waals surface area (Å²) >= 11 is 4.22. The van der Waals surface area contributed by atoms with Crippen molar-refractivity contribution in [2.24, 2.45) is 0 Å². The van der Waals surface area contributed by atoms with Gasteiger partial charge in [0, 0.05) is 5.56 Å². The van der Waals surface area contributed by atoms with Crippen molar-refractivity contribution in [1.82, 2.24) is 20.0 Å². The average Bonchev–Trinajstić information content (AvgIpc) is 3.46. The van der Waals surface area contributed by atoms with Crippen LogP contribution in [0.3, 0.4) is 0 Å². The lowest BCUT2D eigenvalue weighted by molar-refractivity contribution is -0.183. The Balaban J connectivity index is 1.52. The van der Waals surface area contributed by atoms with Gasteiger partial charge in [0.1, 0.15) is 22.2 Å². The standard InChI is InChI=1S/C22H14BrF5N4O2S/c23-19-30-29-16(35-19)10-31-20(34)32(18(33)21(31)7-8-21)17(22(26,27)28)14-6-3-12(9-15(14)25)11-1-4-13(24)5-2-11/h1-6,9,17H,7-8,10H2. The van der Waals surface area contributed by atoms with Crippen molar-refractivity contribution < 1.29 is 31.5 Å². The van der Waals surface area contributed by atoms with Gasteiger partial charge >= 0.3 is 12.2 Å². The van der Waals surface area contributed by atoms with Crippen LogP contribution in [0.25, 0.3) is 11.1 Å². The number of alkyl halides is 3. The maximum atomic E-state index is 15.1. The molecule has 1 spiro atoms. The average molecular weight is 573 g/mol. The molecule has 0 bridgehead atoms. The van der Waals surface area contributed by atoms with Crippen LogP contribution in [-0.4, -0.2) is 43.7 Å². The highest BCUT2D eigenvalue weighted by molar-refractivity contribution is 9.11. The Labute approximate surface area is 207 Å². The zero-order valence-electron chi connectivity index (χ0n) is 17.5. The molecule has 35 heavy (non-hydrogen) atoms. The van der Waals surface area contributed by atoms with Gasteiger partial charge in [-0.3, -0.25) is 4.79 Å². The Hall–Kier alpha value is -2.93. The Morgan fingerprint density at radius 3 is 2.23 bits per heavy atom. The molecule has 1 saturated carbocycles. The quantitative estimate of drug-likeness (QED) is 0.284. The molecule has 1 aliphatic carbocycles. The topological polar surface area (TPSA) is 66.4 Å². The molecule has 0 radical (unpaired) electrons. The van der Waals surface area contributed by atoms with Crippen LogP contribution in [0.2, 0.25) is 0 Å². The predicted octanol–water partition coefficient (Wildman–Crippen LogP) is 5.85. The highest BCUT2D eigenvalue weighted by Gasteiger charge is 2.68. The minimum absolute atomic E-state index is 0.110. The van der Waals surface area contributed by atoms with Gasteiger partial charge in [-0.25, -0.2) is 18.5 Å². The molecule has 0 N–H and O–H groups in total. The van der Waals surface area contributed by atoms with Crippen LogP contribution in [0.15, 0.2) is 46.4 Å². The van der Waals surface area contributed by atoms with E-state index in [1.54, 1.807) is 0 Å². The summed E-state index contributed by atoms with van der Waals surface area (Å²) in [7, 11) is 0. The SMILES string of the molecule is O=C1N(C(c2ccc(-c3ccc(F)cc3)cc2F)C(F)(F)F)C(=O)C2(CC2)N1Cc1nnc(Br)s1. The van der Waals surface area contributed by atoms with E-state index in [1.165, 1.54) is 18.2 Å². The number of hydrogen-bond donors (Lipinski definition) is 0. The third-order valence-corrected chi connectivity index (χ3v) is 7.41. The number of imide groups is 1. The fourth-order valence-corrected chi connectivity index (χ4v) is 5.44.